The van der Waals surface area contributed by atoms with Crippen LogP contribution in [0.1, 0.15) is 33.4 Å². The van der Waals surface area contributed by atoms with Crippen LogP contribution in [-0.2, 0) is 19.7 Å². The summed E-state index contributed by atoms with van der Waals surface area (Å²) in [5.41, 5.74) is 2.98. The molecule has 7 heteroatoms. The zero-order valence-corrected chi connectivity index (χ0v) is 17.2. The Morgan fingerprint density at radius 1 is 1.37 bits per heavy atom. The lowest BCUT2D eigenvalue weighted by atomic mass is 10.2. The summed E-state index contributed by atoms with van der Waals surface area (Å²) in [5.74, 6) is 0.787. The van der Waals surface area contributed by atoms with E-state index in [4.69, 9.17) is 16.3 Å². The van der Waals surface area contributed by atoms with Crippen LogP contribution in [0.25, 0.3) is 0 Å². The molecule has 2 heterocycles. The first kappa shape index (κ1) is 19.5. The molecule has 0 unspecified atom stereocenters. The number of hydrogen-bond donors (Lipinski definition) is 0. The normalized spacial score (nSPS) is 10.8. The molecule has 1 aromatic carbocycles. The molecular weight excluding hydrogens is 382 g/mol. The van der Waals surface area contributed by atoms with E-state index in [0.717, 1.165) is 22.6 Å². The molecule has 142 valence electrons. The Hall–Kier alpha value is -2.31. The Kier molecular flexibility index (Phi) is 6.19. The van der Waals surface area contributed by atoms with Crippen molar-refractivity contribution < 1.29 is 9.53 Å². The van der Waals surface area contributed by atoms with E-state index in [2.05, 4.69) is 5.10 Å². The molecule has 5 nitrogen and oxygen atoms in total. The summed E-state index contributed by atoms with van der Waals surface area (Å²) in [7, 11) is 1.77. The summed E-state index contributed by atoms with van der Waals surface area (Å²) in [6.07, 6.45) is 1.62. The van der Waals surface area contributed by atoms with Gasteiger partial charge in [0.1, 0.15) is 12.4 Å². The molecule has 0 saturated heterocycles. The van der Waals surface area contributed by atoms with E-state index in [0.29, 0.717) is 29.6 Å². The number of amides is 1. The lowest BCUT2D eigenvalue weighted by Gasteiger charge is -2.17. The molecule has 0 aliphatic carbocycles. The number of rotatable bonds is 7. The van der Waals surface area contributed by atoms with Gasteiger partial charge in [-0.25, -0.2) is 0 Å². The van der Waals surface area contributed by atoms with Crippen LogP contribution in [0, 0.1) is 6.92 Å². The first-order valence-electron chi connectivity index (χ1n) is 8.70. The van der Waals surface area contributed by atoms with Crippen molar-refractivity contribution in [3.8, 4) is 5.75 Å². The standard InChI is InChI=1S/C20H22ClN3O2S/c1-4-24-18(17(21)10-22-24)11-23(3)20(25)19-9-15(13-27-19)12-26-16-7-5-6-14(2)8-16/h5-10,13H,4,11-12H2,1-3H3. The molecule has 0 radical (unpaired) electrons. The second-order valence-corrected chi connectivity index (χ2v) is 7.66. The van der Waals surface area contributed by atoms with Gasteiger partial charge in [-0.15, -0.1) is 11.3 Å². The number of carbonyl (C=O) groups is 1. The van der Waals surface area contributed by atoms with E-state index in [1.807, 2.05) is 54.2 Å². The lowest BCUT2D eigenvalue weighted by molar-refractivity contribution is 0.0786. The summed E-state index contributed by atoms with van der Waals surface area (Å²) in [6.45, 7) is 5.59. The minimum atomic E-state index is -0.0401. The van der Waals surface area contributed by atoms with Crippen molar-refractivity contribution in [2.45, 2.75) is 33.5 Å². The predicted molar refractivity (Wildman–Crippen MR) is 109 cm³/mol. The van der Waals surface area contributed by atoms with Crippen molar-refractivity contribution in [2.75, 3.05) is 7.05 Å². The Morgan fingerprint density at radius 3 is 2.93 bits per heavy atom. The Bertz CT molecular complexity index is 935. The average molecular weight is 404 g/mol. The number of benzene rings is 1. The molecule has 2 aromatic heterocycles. The van der Waals surface area contributed by atoms with Gasteiger partial charge < -0.3 is 9.64 Å². The van der Waals surface area contributed by atoms with Crippen molar-refractivity contribution in [3.63, 3.8) is 0 Å². The zero-order valence-electron chi connectivity index (χ0n) is 15.6. The highest BCUT2D eigenvalue weighted by Gasteiger charge is 2.18. The van der Waals surface area contributed by atoms with E-state index in [1.54, 1.807) is 18.1 Å². The number of nitrogens with zero attached hydrogens (tertiary/aromatic N) is 3. The van der Waals surface area contributed by atoms with Gasteiger partial charge >= 0.3 is 0 Å². The van der Waals surface area contributed by atoms with Crippen LogP contribution in [0.4, 0.5) is 0 Å². The van der Waals surface area contributed by atoms with Crippen molar-refractivity contribution in [2.24, 2.45) is 0 Å². The second kappa shape index (κ2) is 8.59. The predicted octanol–water partition coefficient (Wildman–Crippen LogP) is 4.78. The van der Waals surface area contributed by atoms with Crippen LogP contribution >= 0.6 is 22.9 Å². The minimum Gasteiger partial charge on any atom is -0.489 e. The van der Waals surface area contributed by atoms with Crippen molar-refractivity contribution >= 4 is 28.8 Å². The highest BCUT2D eigenvalue weighted by molar-refractivity contribution is 7.12. The van der Waals surface area contributed by atoms with Gasteiger partial charge in [0.05, 0.1) is 28.3 Å². The molecular formula is C20H22ClN3O2S. The smallest absolute Gasteiger partial charge is 0.264 e. The van der Waals surface area contributed by atoms with Crippen LogP contribution in [-0.4, -0.2) is 27.6 Å². The molecule has 1 amide bonds. The highest BCUT2D eigenvalue weighted by atomic mass is 35.5. The van der Waals surface area contributed by atoms with Gasteiger partial charge in [-0.1, -0.05) is 23.7 Å². The highest BCUT2D eigenvalue weighted by Crippen LogP contribution is 2.22. The summed E-state index contributed by atoms with van der Waals surface area (Å²) < 4.78 is 7.62. The Morgan fingerprint density at radius 2 is 2.19 bits per heavy atom. The van der Waals surface area contributed by atoms with Gasteiger partial charge in [0.2, 0.25) is 0 Å². The molecule has 27 heavy (non-hydrogen) atoms. The van der Waals surface area contributed by atoms with Crippen molar-refractivity contribution in [1.82, 2.24) is 14.7 Å². The topological polar surface area (TPSA) is 47.4 Å². The van der Waals surface area contributed by atoms with Crippen LogP contribution in [0.5, 0.6) is 5.75 Å². The number of hydrogen-bond acceptors (Lipinski definition) is 4. The van der Waals surface area contributed by atoms with Gasteiger partial charge in [-0.3, -0.25) is 9.48 Å². The molecule has 0 N–H and O–H groups in total. The summed E-state index contributed by atoms with van der Waals surface area (Å²) in [6, 6.07) is 9.81. The van der Waals surface area contributed by atoms with E-state index < -0.39 is 0 Å². The van der Waals surface area contributed by atoms with E-state index in [1.165, 1.54) is 11.3 Å². The maximum Gasteiger partial charge on any atom is 0.264 e. The maximum absolute atomic E-state index is 12.7. The fourth-order valence-electron chi connectivity index (χ4n) is 2.74. The zero-order chi connectivity index (χ0) is 19.4. The number of ether oxygens (including phenoxy) is 1. The second-order valence-electron chi connectivity index (χ2n) is 6.34. The molecule has 0 bridgehead atoms. The van der Waals surface area contributed by atoms with Crippen molar-refractivity contribution in [1.29, 1.82) is 0 Å². The van der Waals surface area contributed by atoms with E-state index in [-0.39, 0.29) is 5.91 Å². The fraction of sp³-hybridized carbons (Fsp3) is 0.300. The van der Waals surface area contributed by atoms with Gasteiger partial charge in [-0.2, -0.15) is 5.10 Å². The third kappa shape index (κ3) is 4.70. The van der Waals surface area contributed by atoms with Crippen LogP contribution < -0.4 is 4.74 Å². The number of carbonyl (C=O) groups excluding carboxylic acids is 1. The quantitative estimate of drug-likeness (QED) is 0.570. The summed E-state index contributed by atoms with van der Waals surface area (Å²) in [4.78, 5) is 15.1. The molecule has 0 aliphatic rings. The first-order chi connectivity index (χ1) is 13.0. The third-order valence-electron chi connectivity index (χ3n) is 4.19. The van der Waals surface area contributed by atoms with Crippen LogP contribution in [0.2, 0.25) is 5.02 Å². The van der Waals surface area contributed by atoms with Gasteiger partial charge in [0.15, 0.2) is 0 Å². The van der Waals surface area contributed by atoms with E-state index >= 15 is 0 Å². The number of aromatic nitrogens is 2. The Balaban J connectivity index is 1.63. The first-order valence-corrected chi connectivity index (χ1v) is 9.96. The lowest BCUT2D eigenvalue weighted by Crippen LogP contribution is -2.27. The third-order valence-corrected chi connectivity index (χ3v) is 5.47. The fourth-order valence-corrected chi connectivity index (χ4v) is 3.83. The van der Waals surface area contributed by atoms with Crippen LogP contribution in [0.15, 0.2) is 41.9 Å². The minimum absolute atomic E-state index is 0.0401. The molecule has 3 aromatic rings. The largest absolute Gasteiger partial charge is 0.489 e. The number of thiophene rings is 1. The van der Waals surface area contributed by atoms with E-state index in [9.17, 15) is 4.79 Å². The number of halogens is 1. The molecule has 0 aliphatic heterocycles. The van der Waals surface area contributed by atoms with Gasteiger partial charge in [-0.05, 0) is 43.0 Å². The molecule has 0 fully saturated rings. The molecule has 0 saturated carbocycles. The van der Waals surface area contributed by atoms with Crippen LogP contribution in [0.3, 0.4) is 0 Å². The average Bonchev–Trinajstić information content (AvgIpc) is 3.27. The summed E-state index contributed by atoms with van der Waals surface area (Å²) >= 11 is 7.62. The number of aryl methyl sites for hydroxylation is 2. The maximum atomic E-state index is 12.7. The monoisotopic (exact) mass is 403 g/mol. The van der Waals surface area contributed by atoms with Gasteiger partial charge in [0, 0.05) is 19.2 Å². The van der Waals surface area contributed by atoms with Crippen molar-refractivity contribution in [3.05, 3.63) is 68.6 Å². The SMILES string of the molecule is CCn1ncc(Cl)c1CN(C)C(=O)c1cc(COc2cccc(C)c2)cs1. The Labute approximate surface area is 168 Å². The van der Waals surface area contributed by atoms with Gasteiger partial charge in [0.25, 0.3) is 5.91 Å². The molecule has 3 rings (SSSR count). The molecule has 0 spiro atoms. The summed E-state index contributed by atoms with van der Waals surface area (Å²) in [5, 5.41) is 6.75. The molecule has 0 atom stereocenters.